The van der Waals surface area contributed by atoms with Crippen LogP contribution in [0.1, 0.15) is 66.4 Å². The van der Waals surface area contributed by atoms with Crippen molar-refractivity contribution in [2.24, 2.45) is 0 Å². The van der Waals surface area contributed by atoms with E-state index >= 15 is 0 Å². The van der Waals surface area contributed by atoms with Gasteiger partial charge in [0, 0.05) is 31.4 Å². The number of nitrogens with zero attached hydrogens (tertiary/aromatic N) is 2. The van der Waals surface area contributed by atoms with Gasteiger partial charge in [-0.1, -0.05) is 0 Å². The van der Waals surface area contributed by atoms with Gasteiger partial charge in [-0.05, 0) is 91.0 Å². The van der Waals surface area contributed by atoms with Crippen LogP contribution in [-0.2, 0) is 15.9 Å². The van der Waals surface area contributed by atoms with E-state index in [4.69, 9.17) is 9.47 Å². The number of ether oxygens (including phenoxy) is 2. The highest BCUT2D eigenvalue weighted by atomic mass is 16.6. The van der Waals surface area contributed by atoms with Crippen molar-refractivity contribution in [3.8, 4) is 0 Å². The van der Waals surface area contributed by atoms with Gasteiger partial charge >= 0.3 is 12.2 Å². The summed E-state index contributed by atoms with van der Waals surface area (Å²) >= 11 is 0. The average molecular weight is 432 g/mol. The Morgan fingerprint density at radius 3 is 2.16 bits per heavy atom. The van der Waals surface area contributed by atoms with Gasteiger partial charge in [-0.2, -0.15) is 0 Å². The number of benzene rings is 1. The van der Waals surface area contributed by atoms with E-state index < -0.39 is 11.2 Å². The van der Waals surface area contributed by atoms with E-state index in [9.17, 15) is 9.59 Å². The van der Waals surface area contributed by atoms with Crippen molar-refractivity contribution < 1.29 is 19.1 Å². The molecule has 2 aliphatic rings. The van der Waals surface area contributed by atoms with Gasteiger partial charge in [0.1, 0.15) is 11.2 Å². The smallest absolute Gasteiger partial charge is 0.414 e. The molecule has 172 valence electrons. The van der Waals surface area contributed by atoms with Crippen LogP contribution in [0.25, 0.3) is 0 Å². The molecule has 0 spiro atoms. The Kier molecular flexibility index (Phi) is 6.72. The fraction of sp³-hybridized carbons (Fsp3) is 0.667. The summed E-state index contributed by atoms with van der Waals surface area (Å²) in [4.78, 5) is 28.4. The average Bonchev–Trinajstić information content (AvgIpc) is 2.65. The third-order valence-electron chi connectivity index (χ3n) is 5.33. The van der Waals surface area contributed by atoms with Gasteiger partial charge in [0.15, 0.2) is 0 Å². The van der Waals surface area contributed by atoms with E-state index in [0.29, 0.717) is 25.7 Å². The predicted molar refractivity (Wildman–Crippen MR) is 123 cm³/mol. The number of hydrogen-bond acceptors (Lipinski definition) is 5. The fourth-order valence-electron chi connectivity index (χ4n) is 3.96. The summed E-state index contributed by atoms with van der Waals surface area (Å²) in [5.41, 5.74) is 2.17. The topological polar surface area (TPSA) is 71.1 Å². The molecule has 1 N–H and O–H groups in total. The molecule has 1 fully saturated rings. The van der Waals surface area contributed by atoms with Crippen LogP contribution in [-0.4, -0.2) is 54.0 Å². The van der Waals surface area contributed by atoms with Gasteiger partial charge in [-0.15, -0.1) is 0 Å². The lowest BCUT2D eigenvalue weighted by Gasteiger charge is -2.34. The molecule has 1 aromatic carbocycles. The number of carbonyl (C=O) groups is 2. The summed E-state index contributed by atoms with van der Waals surface area (Å²) in [5, 5.41) is 3.61. The van der Waals surface area contributed by atoms with Gasteiger partial charge in [-0.25, -0.2) is 9.59 Å². The van der Waals surface area contributed by atoms with Crippen LogP contribution in [0.15, 0.2) is 18.2 Å². The Hall–Kier alpha value is -2.44. The highest BCUT2D eigenvalue weighted by Crippen LogP contribution is 2.31. The molecule has 1 saturated heterocycles. The quantitative estimate of drug-likeness (QED) is 0.698. The number of carbonyl (C=O) groups excluding carboxylic acids is 2. The summed E-state index contributed by atoms with van der Waals surface area (Å²) in [7, 11) is 0. The molecule has 0 unspecified atom stereocenters. The summed E-state index contributed by atoms with van der Waals surface area (Å²) in [6.07, 6.45) is 3.09. The van der Waals surface area contributed by atoms with E-state index in [1.807, 2.05) is 53.7 Å². The summed E-state index contributed by atoms with van der Waals surface area (Å²) in [6.45, 7) is 13.4. The highest BCUT2D eigenvalue weighted by molar-refractivity contribution is 5.90. The number of hydrogen-bond donors (Lipinski definition) is 1. The van der Waals surface area contributed by atoms with Crippen molar-refractivity contribution in [2.45, 2.75) is 84.5 Å². The van der Waals surface area contributed by atoms with Crippen LogP contribution >= 0.6 is 0 Å². The molecule has 2 heterocycles. The second kappa shape index (κ2) is 8.97. The zero-order valence-corrected chi connectivity index (χ0v) is 19.8. The van der Waals surface area contributed by atoms with E-state index in [1.54, 1.807) is 9.80 Å². The molecule has 2 amide bonds. The largest absolute Gasteiger partial charge is 0.444 e. The molecule has 0 aliphatic carbocycles. The van der Waals surface area contributed by atoms with Gasteiger partial charge in [0.2, 0.25) is 0 Å². The molecule has 7 heteroatoms. The fourth-order valence-corrected chi connectivity index (χ4v) is 3.96. The van der Waals surface area contributed by atoms with Crippen molar-refractivity contribution >= 4 is 23.6 Å². The van der Waals surface area contributed by atoms with Crippen LogP contribution in [0, 0.1) is 0 Å². The Labute approximate surface area is 186 Å². The lowest BCUT2D eigenvalue weighted by Crippen LogP contribution is -2.44. The molecule has 31 heavy (non-hydrogen) atoms. The van der Waals surface area contributed by atoms with Crippen molar-refractivity contribution in [3.05, 3.63) is 23.8 Å². The Balaban J connectivity index is 1.58. The maximum atomic E-state index is 12.6. The first-order chi connectivity index (χ1) is 14.4. The second-order valence-corrected chi connectivity index (χ2v) is 10.5. The lowest BCUT2D eigenvalue weighted by molar-refractivity contribution is 0.0210. The van der Waals surface area contributed by atoms with Gasteiger partial charge in [-0.3, -0.25) is 4.90 Å². The number of rotatable bonds is 2. The minimum atomic E-state index is -0.510. The summed E-state index contributed by atoms with van der Waals surface area (Å²) in [5.74, 6) is 0. The van der Waals surface area contributed by atoms with Crippen LogP contribution in [0.4, 0.5) is 21.0 Å². The first kappa shape index (κ1) is 23.2. The maximum Gasteiger partial charge on any atom is 0.414 e. The zero-order valence-electron chi connectivity index (χ0n) is 19.8. The van der Waals surface area contributed by atoms with Crippen molar-refractivity contribution in [1.29, 1.82) is 0 Å². The van der Waals surface area contributed by atoms with Gasteiger partial charge in [0.05, 0.1) is 5.69 Å². The maximum absolute atomic E-state index is 12.6. The van der Waals surface area contributed by atoms with Crippen LogP contribution < -0.4 is 10.2 Å². The van der Waals surface area contributed by atoms with Crippen LogP contribution in [0.3, 0.4) is 0 Å². The molecule has 7 nitrogen and oxygen atoms in total. The number of piperidine rings is 1. The highest BCUT2D eigenvalue weighted by Gasteiger charge is 2.29. The van der Waals surface area contributed by atoms with E-state index in [2.05, 4.69) is 11.4 Å². The van der Waals surface area contributed by atoms with E-state index in [1.165, 1.54) is 0 Å². The molecule has 0 radical (unpaired) electrons. The predicted octanol–water partition coefficient (Wildman–Crippen LogP) is 5.19. The molecule has 0 saturated carbocycles. The number of nitrogens with one attached hydrogen (secondary N) is 1. The van der Waals surface area contributed by atoms with E-state index in [0.717, 1.165) is 42.6 Å². The van der Waals surface area contributed by atoms with Crippen LogP contribution in [0.2, 0.25) is 0 Å². The minimum Gasteiger partial charge on any atom is -0.444 e. The van der Waals surface area contributed by atoms with Crippen molar-refractivity contribution in [1.82, 2.24) is 4.90 Å². The summed E-state index contributed by atoms with van der Waals surface area (Å²) in [6, 6.07) is 6.49. The van der Waals surface area contributed by atoms with E-state index in [-0.39, 0.29) is 12.2 Å². The van der Waals surface area contributed by atoms with Crippen LogP contribution in [0.5, 0.6) is 0 Å². The molecule has 0 atom stereocenters. The molecule has 1 aromatic rings. The molecule has 0 bridgehead atoms. The third kappa shape index (κ3) is 6.52. The van der Waals surface area contributed by atoms with Gasteiger partial charge < -0.3 is 19.7 Å². The lowest BCUT2D eigenvalue weighted by atomic mass is 10.00. The SMILES string of the molecule is CC(C)(C)OC(=O)N1CCC(Nc2ccc3c(c2)CCCN3C(=O)OC(C)(C)C)CC1. The molecule has 3 rings (SSSR count). The summed E-state index contributed by atoms with van der Waals surface area (Å²) < 4.78 is 11.1. The first-order valence-corrected chi connectivity index (χ1v) is 11.3. The number of anilines is 2. The number of likely N-dealkylation sites (tertiary alicyclic amines) is 1. The third-order valence-corrected chi connectivity index (χ3v) is 5.33. The molecular formula is C24H37N3O4. The molecule has 2 aliphatic heterocycles. The second-order valence-electron chi connectivity index (χ2n) is 10.5. The number of fused-ring (bicyclic) bond motifs is 1. The zero-order chi connectivity index (χ0) is 22.8. The minimum absolute atomic E-state index is 0.234. The van der Waals surface area contributed by atoms with Crippen molar-refractivity contribution in [2.75, 3.05) is 29.9 Å². The Morgan fingerprint density at radius 2 is 1.55 bits per heavy atom. The van der Waals surface area contributed by atoms with Gasteiger partial charge in [0.25, 0.3) is 0 Å². The molecular weight excluding hydrogens is 394 g/mol. The number of amides is 2. The normalized spacial score (nSPS) is 17.7. The monoisotopic (exact) mass is 431 g/mol. The Morgan fingerprint density at radius 1 is 0.935 bits per heavy atom. The standard InChI is InChI=1S/C24H37N3O4/c1-23(2,3)30-21(28)26-14-11-18(12-15-26)25-19-9-10-20-17(16-19)8-7-13-27(20)22(29)31-24(4,5)6/h9-10,16,18,25H,7-8,11-15H2,1-6H3. The molecule has 0 aromatic heterocycles. The Bertz CT molecular complexity index is 802. The first-order valence-electron chi connectivity index (χ1n) is 11.3. The number of aryl methyl sites for hydroxylation is 1. The van der Waals surface area contributed by atoms with Crippen molar-refractivity contribution in [3.63, 3.8) is 0 Å².